The highest BCUT2D eigenvalue weighted by atomic mass is 32.1. The van der Waals surface area contributed by atoms with Crippen molar-refractivity contribution in [3.8, 4) is 0 Å². The van der Waals surface area contributed by atoms with E-state index in [2.05, 4.69) is 36.5 Å². The van der Waals surface area contributed by atoms with Gasteiger partial charge in [0.1, 0.15) is 0 Å². The number of nitrogens with two attached hydrogens (primary N) is 1. The van der Waals surface area contributed by atoms with Crippen LogP contribution in [0.15, 0.2) is 27.1 Å². The molecule has 2 saturated carbocycles. The van der Waals surface area contributed by atoms with Crippen LogP contribution in [0.5, 0.6) is 0 Å². The second-order valence-electron chi connectivity index (χ2n) is 7.35. The number of fused-ring (bicyclic) bond motifs is 2. The van der Waals surface area contributed by atoms with Crippen molar-refractivity contribution in [2.45, 2.75) is 40.0 Å². The fourth-order valence-electron chi connectivity index (χ4n) is 3.88. The summed E-state index contributed by atoms with van der Waals surface area (Å²) in [5.41, 5.74) is 10.6. The maximum absolute atomic E-state index is 11.9. The lowest BCUT2D eigenvalue weighted by Crippen LogP contribution is -2.34. The van der Waals surface area contributed by atoms with Crippen LogP contribution in [0.3, 0.4) is 0 Å². The number of oxime groups is 1. The number of rotatable bonds is 5. The summed E-state index contributed by atoms with van der Waals surface area (Å²) >= 11 is 1.52. The Morgan fingerprint density at radius 3 is 2.88 bits per heavy atom. The van der Waals surface area contributed by atoms with Gasteiger partial charge in [-0.2, -0.15) is 16.4 Å². The lowest BCUT2D eigenvalue weighted by Gasteiger charge is -2.34. The number of carbonyl (C=O) groups is 1. The maximum atomic E-state index is 11.9. The van der Waals surface area contributed by atoms with E-state index in [4.69, 9.17) is 10.6 Å². The van der Waals surface area contributed by atoms with E-state index in [9.17, 15) is 4.79 Å². The molecule has 130 valence electrons. The van der Waals surface area contributed by atoms with E-state index >= 15 is 0 Å². The van der Waals surface area contributed by atoms with E-state index in [1.807, 2.05) is 16.8 Å². The molecule has 3 rings (SSSR count). The molecule has 1 amide bonds. The van der Waals surface area contributed by atoms with E-state index in [1.54, 1.807) is 0 Å². The molecule has 2 aliphatic rings. The summed E-state index contributed by atoms with van der Waals surface area (Å²) < 4.78 is 0. The van der Waals surface area contributed by atoms with Gasteiger partial charge in [-0.25, -0.2) is 5.43 Å². The van der Waals surface area contributed by atoms with Gasteiger partial charge < -0.3 is 10.6 Å². The first-order valence-corrected chi connectivity index (χ1v) is 9.13. The molecule has 2 fully saturated rings. The molecule has 3 N–H and O–H groups in total. The Morgan fingerprint density at radius 2 is 2.29 bits per heavy atom. The van der Waals surface area contributed by atoms with Gasteiger partial charge in [0, 0.05) is 22.1 Å². The van der Waals surface area contributed by atoms with E-state index in [0.717, 1.165) is 24.1 Å². The van der Waals surface area contributed by atoms with Crippen LogP contribution in [-0.2, 0) is 9.63 Å². The molecule has 0 radical (unpaired) electrons. The Morgan fingerprint density at radius 1 is 1.50 bits per heavy atom. The predicted octanol–water partition coefficient (Wildman–Crippen LogP) is 2.70. The highest BCUT2D eigenvalue weighted by Gasteiger charge is 2.59. The third kappa shape index (κ3) is 2.81. The molecule has 2 atom stereocenters. The summed E-state index contributed by atoms with van der Waals surface area (Å²) in [7, 11) is 0. The van der Waals surface area contributed by atoms with Crippen molar-refractivity contribution < 1.29 is 9.63 Å². The van der Waals surface area contributed by atoms with Crippen LogP contribution >= 0.6 is 11.3 Å². The van der Waals surface area contributed by atoms with Crippen LogP contribution < -0.4 is 11.2 Å². The number of nitrogens with zero attached hydrogens (tertiary/aromatic N) is 2. The molecular formula is C17H24N4O2S. The monoisotopic (exact) mass is 348 g/mol. The van der Waals surface area contributed by atoms with Gasteiger partial charge in [0.2, 0.25) is 0 Å². The zero-order valence-corrected chi connectivity index (χ0v) is 15.2. The molecule has 0 spiro atoms. The Bertz CT molecular complexity index is 681. The Hall–Kier alpha value is -1.89. The van der Waals surface area contributed by atoms with Crippen molar-refractivity contribution in [2.24, 2.45) is 32.7 Å². The highest BCUT2D eigenvalue weighted by Crippen LogP contribution is 2.63. The van der Waals surface area contributed by atoms with Crippen LogP contribution in [-0.4, -0.2) is 24.1 Å². The summed E-state index contributed by atoms with van der Waals surface area (Å²) in [5, 5.41) is 11.9. The minimum absolute atomic E-state index is 0.0767. The molecule has 2 aliphatic carbocycles. The predicted molar refractivity (Wildman–Crippen MR) is 95.8 cm³/mol. The normalized spacial score (nSPS) is 29.9. The number of amidine groups is 1. The highest BCUT2D eigenvalue weighted by molar-refractivity contribution is 7.08. The van der Waals surface area contributed by atoms with Gasteiger partial charge in [0.05, 0.1) is 0 Å². The van der Waals surface area contributed by atoms with Crippen molar-refractivity contribution in [3.63, 3.8) is 0 Å². The largest absolute Gasteiger partial charge is 0.384 e. The molecule has 1 aromatic rings. The summed E-state index contributed by atoms with van der Waals surface area (Å²) in [6.45, 7) is 6.67. The fraction of sp³-hybridized carbons (Fsp3) is 0.588. The van der Waals surface area contributed by atoms with Crippen molar-refractivity contribution in [2.75, 3.05) is 6.61 Å². The lowest BCUT2D eigenvalue weighted by atomic mass is 9.70. The average Bonchev–Trinajstić information content (AvgIpc) is 3.18. The standard InChI is InChI=1S/C17H24N4O2S/c1-16(2)12-4-6-17(16,3)13(8-12)19-20-14(22)9-23-21-15(18)11-5-7-24-10-11/h5,7,10,12H,4,6,8-9H2,1-3H3,(H2,18,21)(H,20,22)/b19-13-. The van der Waals surface area contributed by atoms with Crippen molar-refractivity contribution in [3.05, 3.63) is 22.4 Å². The van der Waals surface area contributed by atoms with E-state index < -0.39 is 0 Å². The first kappa shape index (κ1) is 17.0. The Kier molecular flexibility index (Phi) is 4.38. The quantitative estimate of drug-likeness (QED) is 0.487. The van der Waals surface area contributed by atoms with Crippen LogP contribution in [0, 0.1) is 16.7 Å². The van der Waals surface area contributed by atoms with Crippen molar-refractivity contribution in [1.82, 2.24) is 5.43 Å². The second kappa shape index (κ2) is 6.20. The summed E-state index contributed by atoms with van der Waals surface area (Å²) in [5.74, 6) is 0.593. The summed E-state index contributed by atoms with van der Waals surface area (Å²) in [6, 6.07) is 1.84. The maximum Gasteiger partial charge on any atom is 0.280 e. The van der Waals surface area contributed by atoms with Crippen molar-refractivity contribution >= 4 is 28.8 Å². The van der Waals surface area contributed by atoms with Gasteiger partial charge in [-0.15, -0.1) is 0 Å². The zero-order valence-electron chi connectivity index (χ0n) is 14.3. The molecule has 6 nitrogen and oxygen atoms in total. The molecule has 1 aromatic heterocycles. The van der Waals surface area contributed by atoms with Crippen LogP contribution in [0.2, 0.25) is 0 Å². The number of hydrogen-bond donors (Lipinski definition) is 2. The van der Waals surface area contributed by atoms with Gasteiger partial charge >= 0.3 is 0 Å². The molecule has 0 aliphatic heterocycles. The fourth-order valence-corrected chi connectivity index (χ4v) is 4.53. The molecule has 1 heterocycles. The zero-order chi connectivity index (χ0) is 17.4. The van der Waals surface area contributed by atoms with E-state index in [0.29, 0.717) is 5.92 Å². The van der Waals surface area contributed by atoms with Gasteiger partial charge in [0.25, 0.3) is 5.91 Å². The number of amides is 1. The van der Waals surface area contributed by atoms with Gasteiger partial charge in [-0.3, -0.25) is 4.79 Å². The molecular weight excluding hydrogens is 324 g/mol. The van der Waals surface area contributed by atoms with Crippen LogP contribution in [0.25, 0.3) is 0 Å². The smallest absolute Gasteiger partial charge is 0.280 e. The lowest BCUT2D eigenvalue weighted by molar-refractivity contribution is -0.125. The Balaban J connectivity index is 1.52. The van der Waals surface area contributed by atoms with E-state index in [1.165, 1.54) is 17.8 Å². The summed E-state index contributed by atoms with van der Waals surface area (Å²) in [6.07, 6.45) is 3.35. The van der Waals surface area contributed by atoms with Crippen molar-refractivity contribution in [1.29, 1.82) is 0 Å². The minimum atomic E-state index is -0.325. The Labute approximate surface area is 146 Å². The van der Waals surface area contributed by atoms with Gasteiger partial charge in [0.15, 0.2) is 12.4 Å². The minimum Gasteiger partial charge on any atom is -0.384 e. The topological polar surface area (TPSA) is 89.1 Å². The average molecular weight is 348 g/mol. The third-order valence-corrected chi connectivity index (χ3v) is 6.69. The SMILES string of the molecule is CC12CCC(C/C1=N/NC(=O)CO/N=C(\N)c1ccsc1)C2(C)C. The molecule has 0 aromatic carbocycles. The van der Waals surface area contributed by atoms with Crippen LogP contribution in [0.1, 0.15) is 45.6 Å². The first-order valence-electron chi connectivity index (χ1n) is 8.18. The number of hydrazone groups is 1. The van der Waals surface area contributed by atoms with Crippen LogP contribution in [0.4, 0.5) is 0 Å². The molecule has 0 saturated heterocycles. The molecule has 2 unspecified atom stereocenters. The number of hydrogen-bond acceptors (Lipinski definition) is 5. The van der Waals surface area contributed by atoms with Gasteiger partial charge in [-0.05, 0) is 42.0 Å². The molecule has 2 bridgehead atoms. The molecule has 24 heavy (non-hydrogen) atoms. The number of nitrogens with one attached hydrogen (secondary N) is 1. The van der Waals surface area contributed by atoms with Gasteiger partial charge in [-0.1, -0.05) is 25.9 Å². The number of carbonyl (C=O) groups excluding carboxylic acids is 1. The number of thiophene rings is 1. The molecule has 7 heteroatoms. The first-order chi connectivity index (χ1) is 11.3. The second-order valence-corrected chi connectivity index (χ2v) is 8.13. The summed E-state index contributed by atoms with van der Waals surface area (Å²) in [4.78, 5) is 16.9. The van der Waals surface area contributed by atoms with E-state index in [-0.39, 0.29) is 29.2 Å². The third-order valence-electron chi connectivity index (χ3n) is 6.00.